The molecule has 2 heterocycles. The van der Waals surface area contributed by atoms with Crippen molar-refractivity contribution < 1.29 is 14.1 Å². The van der Waals surface area contributed by atoms with E-state index in [4.69, 9.17) is 4.52 Å². The molecule has 2 aromatic rings. The van der Waals surface area contributed by atoms with E-state index in [1.807, 2.05) is 30.3 Å². The molecule has 1 N–H and O–H groups in total. The van der Waals surface area contributed by atoms with Crippen LogP contribution in [0.2, 0.25) is 0 Å². The molecule has 0 bridgehead atoms. The minimum Gasteiger partial charge on any atom is -0.359 e. The van der Waals surface area contributed by atoms with E-state index in [9.17, 15) is 9.59 Å². The van der Waals surface area contributed by atoms with E-state index in [0.29, 0.717) is 18.8 Å². The highest BCUT2D eigenvalue weighted by molar-refractivity contribution is 5.97. The maximum absolute atomic E-state index is 13.2. The minimum absolute atomic E-state index is 0.0300. The lowest BCUT2D eigenvalue weighted by Gasteiger charge is -2.34. The van der Waals surface area contributed by atoms with E-state index in [1.165, 1.54) is 0 Å². The Hall–Kier alpha value is -2.63. The molecule has 2 amide bonds. The first kappa shape index (κ1) is 16.8. The second-order valence-corrected chi connectivity index (χ2v) is 6.99. The number of carbonyl (C=O) groups is 2. The molecule has 6 heteroatoms. The zero-order valence-electron chi connectivity index (χ0n) is 14.7. The van der Waals surface area contributed by atoms with Crippen LogP contribution in [0.5, 0.6) is 0 Å². The van der Waals surface area contributed by atoms with E-state index in [2.05, 4.69) is 10.5 Å². The van der Waals surface area contributed by atoms with Gasteiger partial charge in [0.1, 0.15) is 11.8 Å². The molecule has 1 atom stereocenters. The molecule has 4 rings (SSSR count). The number of nitrogens with zero attached hydrogens (tertiary/aromatic N) is 2. The Kier molecular flexibility index (Phi) is 4.73. The van der Waals surface area contributed by atoms with Crippen LogP contribution in [0, 0.1) is 0 Å². The van der Waals surface area contributed by atoms with Crippen molar-refractivity contribution in [2.24, 2.45) is 0 Å². The van der Waals surface area contributed by atoms with Gasteiger partial charge in [0.15, 0.2) is 5.82 Å². The maximum Gasteiger partial charge on any atom is 0.253 e. The molecule has 0 spiro atoms. The molecule has 1 saturated heterocycles. The molecule has 26 heavy (non-hydrogen) atoms. The van der Waals surface area contributed by atoms with Gasteiger partial charge in [-0.25, -0.2) is 0 Å². The number of hydrogen-bond acceptors (Lipinski definition) is 4. The number of anilines is 1. The van der Waals surface area contributed by atoms with Crippen molar-refractivity contribution in [2.45, 2.75) is 51.0 Å². The lowest BCUT2D eigenvalue weighted by atomic mass is 9.97. The molecule has 1 aromatic carbocycles. The standard InChI is InChI=1S/C20H23N3O3/c24-17-12-6-7-13-23(17)18(14-8-2-1-3-9-14)20(25)21-19-15-10-4-5-11-16(15)26-22-19/h1-3,8-9,18H,4-7,10-13H2,(H,21,22,25). The molecule has 1 aliphatic carbocycles. The van der Waals surface area contributed by atoms with Gasteiger partial charge in [0, 0.05) is 24.9 Å². The predicted octanol–water partition coefficient (Wildman–Crippen LogP) is 3.25. The lowest BCUT2D eigenvalue weighted by molar-refractivity contribution is -0.141. The Morgan fingerprint density at radius 1 is 1.08 bits per heavy atom. The van der Waals surface area contributed by atoms with Gasteiger partial charge in [0.2, 0.25) is 5.91 Å². The van der Waals surface area contributed by atoms with Crippen LogP contribution >= 0.6 is 0 Å². The summed E-state index contributed by atoms with van der Waals surface area (Å²) in [7, 11) is 0. The van der Waals surface area contributed by atoms with Crippen LogP contribution in [0.25, 0.3) is 0 Å². The fraction of sp³-hybridized carbons (Fsp3) is 0.450. The monoisotopic (exact) mass is 353 g/mol. The van der Waals surface area contributed by atoms with Crippen molar-refractivity contribution in [3.8, 4) is 0 Å². The number of piperidine rings is 1. The lowest BCUT2D eigenvalue weighted by Crippen LogP contribution is -2.43. The second-order valence-electron chi connectivity index (χ2n) is 6.99. The highest BCUT2D eigenvalue weighted by Gasteiger charge is 2.33. The third-order valence-corrected chi connectivity index (χ3v) is 5.23. The van der Waals surface area contributed by atoms with Gasteiger partial charge in [0.25, 0.3) is 5.91 Å². The number of hydrogen-bond donors (Lipinski definition) is 1. The van der Waals surface area contributed by atoms with Crippen LogP contribution in [0.4, 0.5) is 5.82 Å². The third kappa shape index (κ3) is 3.23. The summed E-state index contributed by atoms with van der Waals surface area (Å²) in [6.45, 7) is 0.600. The van der Waals surface area contributed by atoms with E-state index < -0.39 is 6.04 Å². The van der Waals surface area contributed by atoms with Gasteiger partial charge in [-0.05, 0) is 37.7 Å². The summed E-state index contributed by atoms with van der Waals surface area (Å²) >= 11 is 0. The topological polar surface area (TPSA) is 75.4 Å². The average molecular weight is 353 g/mol. The summed E-state index contributed by atoms with van der Waals surface area (Å²) in [5, 5.41) is 7.00. The SMILES string of the molecule is O=C(Nc1noc2c1CCCC2)C(c1ccccc1)N1CCCCC1=O. The van der Waals surface area contributed by atoms with Crippen molar-refractivity contribution in [3.63, 3.8) is 0 Å². The van der Waals surface area contributed by atoms with Gasteiger partial charge in [-0.1, -0.05) is 35.5 Å². The van der Waals surface area contributed by atoms with Gasteiger partial charge in [-0.15, -0.1) is 0 Å². The van der Waals surface area contributed by atoms with Crippen LogP contribution in [-0.4, -0.2) is 28.4 Å². The van der Waals surface area contributed by atoms with E-state index in [-0.39, 0.29) is 11.8 Å². The fourth-order valence-electron chi connectivity index (χ4n) is 3.88. The zero-order chi connectivity index (χ0) is 17.9. The average Bonchev–Trinajstić information content (AvgIpc) is 3.07. The predicted molar refractivity (Wildman–Crippen MR) is 96.5 cm³/mol. The largest absolute Gasteiger partial charge is 0.359 e. The normalized spacial score (nSPS) is 18.3. The highest BCUT2D eigenvalue weighted by atomic mass is 16.5. The molecule has 1 aliphatic heterocycles. The van der Waals surface area contributed by atoms with Crippen molar-refractivity contribution in [1.82, 2.24) is 10.1 Å². The highest BCUT2D eigenvalue weighted by Crippen LogP contribution is 2.30. The quantitative estimate of drug-likeness (QED) is 0.915. The van der Waals surface area contributed by atoms with Gasteiger partial charge in [0.05, 0.1) is 0 Å². The summed E-state index contributed by atoms with van der Waals surface area (Å²) in [6.07, 6.45) is 6.19. The van der Waals surface area contributed by atoms with E-state index >= 15 is 0 Å². The number of benzene rings is 1. The molecular formula is C20H23N3O3. The zero-order valence-corrected chi connectivity index (χ0v) is 14.7. The second kappa shape index (κ2) is 7.32. The molecule has 1 unspecified atom stereocenters. The number of fused-ring (bicyclic) bond motifs is 1. The summed E-state index contributed by atoms with van der Waals surface area (Å²) in [4.78, 5) is 27.3. The Morgan fingerprint density at radius 3 is 2.65 bits per heavy atom. The smallest absolute Gasteiger partial charge is 0.253 e. The summed E-state index contributed by atoms with van der Waals surface area (Å²) < 4.78 is 5.39. The van der Waals surface area contributed by atoms with Crippen LogP contribution in [0.15, 0.2) is 34.9 Å². The fourth-order valence-corrected chi connectivity index (χ4v) is 3.88. The Labute approximate surface area is 152 Å². The van der Waals surface area contributed by atoms with Crippen LogP contribution < -0.4 is 5.32 Å². The first-order valence-electron chi connectivity index (χ1n) is 9.37. The van der Waals surface area contributed by atoms with Crippen molar-refractivity contribution in [2.75, 3.05) is 11.9 Å². The summed E-state index contributed by atoms with van der Waals surface area (Å²) in [6, 6.07) is 8.84. The third-order valence-electron chi connectivity index (χ3n) is 5.23. The number of aryl methyl sites for hydroxylation is 1. The van der Waals surface area contributed by atoms with Gasteiger partial charge in [-0.2, -0.15) is 0 Å². The number of carbonyl (C=O) groups excluding carboxylic acids is 2. The first-order valence-corrected chi connectivity index (χ1v) is 9.37. The molecule has 0 radical (unpaired) electrons. The van der Waals surface area contributed by atoms with Crippen LogP contribution in [0.1, 0.15) is 55.0 Å². The molecular weight excluding hydrogens is 330 g/mol. The molecule has 1 aromatic heterocycles. The molecule has 2 aliphatic rings. The van der Waals surface area contributed by atoms with Gasteiger partial charge >= 0.3 is 0 Å². The minimum atomic E-state index is -0.639. The number of aromatic nitrogens is 1. The van der Waals surface area contributed by atoms with Crippen LogP contribution in [0.3, 0.4) is 0 Å². The van der Waals surface area contributed by atoms with Gasteiger partial charge < -0.3 is 14.7 Å². The number of amides is 2. The number of likely N-dealkylation sites (tertiary alicyclic amines) is 1. The van der Waals surface area contributed by atoms with Crippen molar-refractivity contribution >= 4 is 17.6 Å². The summed E-state index contributed by atoms with van der Waals surface area (Å²) in [5.74, 6) is 1.18. The summed E-state index contributed by atoms with van der Waals surface area (Å²) in [5.41, 5.74) is 1.82. The van der Waals surface area contributed by atoms with E-state index in [0.717, 1.165) is 55.4 Å². The van der Waals surface area contributed by atoms with Crippen molar-refractivity contribution in [1.29, 1.82) is 0 Å². The molecule has 1 fully saturated rings. The van der Waals surface area contributed by atoms with Crippen LogP contribution in [-0.2, 0) is 22.4 Å². The van der Waals surface area contributed by atoms with E-state index in [1.54, 1.807) is 4.90 Å². The Bertz CT molecular complexity index is 800. The maximum atomic E-state index is 13.2. The Morgan fingerprint density at radius 2 is 1.85 bits per heavy atom. The first-order chi connectivity index (χ1) is 12.7. The van der Waals surface area contributed by atoms with Gasteiger partial charge in [-0.3, -0.25) is 9.59 Å². The number of nitrogens with one attached hydrogen (secondary N) is 1. The number of rotatable bonds is 4. The molecule has 136 valence electrons. The molecule has 6 nitrogen and oxygen atoms in total. The van der Waals surface area contributed by atoms with Crippen molar-refractivity contribution in [3.05, 3.63) is 47.2 Å². The Balaban J connectivity index is 1.62. The molecule has 0 saturated carbocycles.